The third-order valence-corrected chi connectivity index (χ3v) is 10.2. The number of benzene rings is 2. The fourth-order valence-corrected chi connectivity index (χ4v) is 7.74. The summed E-state index contributed by atoms with van der Waals surface area (Å²) in [5.41, 5.74) is 10.7. The lowest BCUT2D eigenvalue weighted by Crippen LogP contribution is -2.47. The molecule has 2 saturated carbocycles. The quantitative estimate of drug-likeness (QED) is 0.539. The average molecular weight is 542 g/mol. The number of likely N-dealkylation sites (N-methyl/N-ethyl adjacent to an activating group) is 1. The van der Waals surface area contributed by atoms with Crippen LogP contribution in [0.15, 0.2) is 48.5 Å². The monoisotopic (exact) mass is 541 g/mol. The Hall–Kier alpha value is -3.20. The molecule has 40 heavy (non-hydrogen) atoms. The second-order valence-corrected chi connectivity index (χ2v) is 12.4. The highest BCUT2D eigenvalue weighted by molar-refractivity contribution is 6.09. The van der Waals surface area contributed by atoms with Gasteiger partial charge in [0.05, 0.1) is 12.5 Å². The minimum absolute atomic E-state index is 0.125. The molecule has 2 aromatic rings. The Bertz CT molecular complexity index is 1330. The van der Waals surface area contributed by atoms with Gasteiger partial charge in [-0.3, -0.25) is 20.4 Å². The van der Waals surface area contributed by atoms with Crippen molar-refractivity contribution in [2.45, 2.75) is 43.2 Å². The van der Waals surface area contributed by atoms with Crippen LogP contribution in [0.2, 0.25) is 0 Å². The molecule has 8 nitrogen and oxygen atoms in total. The first-order valence-corrected chi connectivity index (χ1v) is 14.7. The molecule has 6 atom stereocenters. The third kappa shape index (κ3) is 4.33. The molecule has 7 rings (SSSR count). The number of amides is 2. The minimum Gasteiger partial charge on any atom is -0.497 e. The molecule has 3 heterocycles. The third-order valence-electron chi connectivity index (χ3n) is 10.2. The first-order chi connectivity index (χ1) is 19.5. The van der Waals surface area contributed by atoms with E-state index in [1.54, 1.807) is 7.11 Å². The number of nitrogens with one attached hydrogen (secondary N) is 3. The number of rotatable bonds is 5. The van der Waals surface area contributed by atoms with Crippen molar-refractivity contribution in [1.82, 2.24) is 20.7 Å². The zero-order chi connectivity index (χ0) is 27.4. The molecule has 4 fully saturated rings. The number of nitrogens with zero attached hydrogens (tertiary/aromatic N) is 2. The van der Waals surface area contributed by atoms with Crippen molar-refractivity contribution in [1.29, 1.82) is 0 Å². The van der Waals surface area contributed by atoms with Crippen LogP contribution < -0.4 is 20.9 Å². The molecular weight excluding hydrogens is 502 g/mol. The van der Waals surface area contributed by atoms with Gasteiger partial charge in [-0.2, -0.15) is 0 Å². The summed E-state index contributed by atoms with van der Waals surface area (Å²) in [6.45, 7) is 3.44. The van der Waals surface area contributed by atoms with Gasteiger partial charge < -0.3 is 19.9 Å². The van der Waals surface area contributed by atoms with E-state index in [9.17, 15) is 9.59 Å². The summed E-state index contributed by atoms with van der Waals surface area (Å²) in [6, 6.07) is 14.6. The van der Waals surface area contributed by atoms with Crippen LogP contribution in [0.25, 0.3) is 6.08 Å². The number of anilines is 1. The lowest BCUT2D eigenvalue weighted by Gasteiger charge is -2.33. The van der Waals surface area contributed by atoms with Gasteiger partial charge >= 0.3 is 0 Å². The summed E-state index contributed by atoms with van der Waals surface area (Å²) in [5, 5.41) is 3.13. The molecule has 2 amide bonds. The van der Waals surface area contributed by atoms with Crippen LogP contribution in [0.5, 0.6) is 5.75 Å². The smallest absolute Gasteiger partial charge is 0.253 e. The Morgan fingerprint density at radius 3 is 2.62 bits per heavy atom. The van der Waals surface area contributed by atoms with E-state index in [1.165, 1.54) is 0 Å². The van der Waals surface area contributed by atoms with E-state index in [4.69, 9.17) is 4.74 Å². The fourth-order valence-electron chi connectivity index (χ4n) is 7.74. The summed E-state index contributed by atoms with van der Waals surface area (Å²) in [5.74, 6) is 2.57. The molecule has 2 aliphatic carbocycles. The fraction of sp³-hybridized carbons (Fsp3) is 0.500. The van der Waals surface area contributed by atoms with Crippen molar-refractivity contribution in [2.24, 2.45) is 17.8 Å². The van der Waals surface area contributed by atoms with Crippen molar-refractivity contribution in [2.75, 3.05) is 45.7 Å². The van der Waals surface area contributed by atoms with Crippen LogP contribution in [0, 0.1) is 17.8 Å². The second kappa shape index (κ2) is 10.0. The molecule has 0 aromatic heterocycles. The number of carbonyl (C=O) groups is 2. The van der Waals surface area contributed by atoms with Gasteiger partial charge in [-0.1, -0.05) is 24.3 Å². The van der Waals surface area contributed by atoms with Gasteiger partial charge in [0.2, 0.25) is 5.91 Å². The Balaban J connectivity index is 0.965. The van der Waals surface area contributed by atoms with Gasteiger partial charge in [-0.05, 0) is 91.9 Å². The van der Waals surface area contributed by atoms with Crippen molar-refractivity contribution in [3.63, 3.8) is 0 Å². The van der Waals surface area contributed by atoms with Gasteiger partial charge in [0, 0.05) is 49.5 Å². The summed E-state index contributed by atoms with van der Waals surface area (Å²) in [6.07, 6.45) is 8.75. The van der Waals surface area contributed by atoms with E-state index in [0.29, 0.717) is 23.8 Å². The lowest BCUT2D eigenvalue weighted by molar-refractivity contribution is -0.118. The predicted octanol–water partition coefficient (Wildman–Crippen LogP) is 3.27. The molecule has 1 spiro atoms. The van der Waals surface area contributed by atoms with Gasteiger partial charge in [0.1, 0.15) is 5.75 Å². The topological polar surface area (TPSA) is 85.9 Å². The maximum Gasteiger partial charge on any atom is 0.253 e. The zero-order valence-corrected chi connectivity index (χ0v) is 23.4. The SMILES string of the molecule is COc1ccc2c(c1)[C@]1(CC1C1CCC3C(/C=C/c4ccc(C(=O)N5CCN(C)CC5)cc4)NNC3C1)C(=O)N2. The molecule has 3 aliphatic heterocycles. The number of hydrazine groups is 1. The molecular formula is C32H39N5O3. The maximum atomic E-state index is 13.1. The van der Waals surface area contributed by atoms with Gasteiger partial charge in [-0.25, -0.2) is 0 Å². The highest BCUT2D eigenvalue weighted by atomic mass is 16.5. The van der Waals surface area contributed by atoms with Crippen molar-refractivity contribution in [3.8, 4) is 5.75 Å². The average Bonchev–Trinajstić information content (AvgIpc) is 3.53. The largest absolute Gasteiger partial charge is 0.497 e. The van der Waals surface area contributed by atoms with Crippen LogP contribution in [0.3, 0.4) is 0 Å². The van der Waals surface area contributed by atoms with Crippen LogP contribution in [-0.2, 0) is 10.2 Å². The van der Waals surface area contributed by atoms with Gasteiger partial charge in [0.15, 0.2) is 0 Å². The van der Waals surface area contributed by atoms with Crippen molar-refractivity contribution in [3.05, 3.63) is 65.2 Å². The van der Waals surface area contributed by atoms with Crippen molar-refractivity contribution < 1.29 is 14.3 Å². The molecule has 0 bridgehead atoms. The number of hydrogen-bond acceptors (Lipinski definition) is 6. The Morgan fingerprint density at radius 1 is 1.05 bits per heavy atom. The first-order valence-electron chi connectivity index (χ1n) is 14.7. The van der Waals surface area contributed by atoms with Crippen LogP contribution >= 0.6 is 0 Å². The second-order valence-electron chi connectivity index (χ2n) is 12.4. The Morgan fingerprint density at radius 2 is 1.85 bits per heavy atom. The van der Waals surface area contributed by atoms with Crippen LogP contribution in [0.4, 0.5) is 5.69 Å². The molecule has 210 valence electrons. The predicted molar refractivity (Wildman–Crippen MR) is 155 cm³/mol. The summed E-state index contributed by atoms with van der Waals surface area (Å²) in [7, 11) is 3.78. The standard InChI is InChI=1S/C32H39N5O3/c1-36-13-15-37(16-14-36)30(38)21-6-3-20(4-7-21)5-11-27-24-10-8-22(17-29(24)35-34-27)26-19-32(26)25-18-23(40-2)9-12-28(25)33-31(32)39/h3-7,9,11-12,18,22,24,26-27,29,34-35H,8,10,13-17,19H2,1-2H3,(H,33,39)/b11-5+/t22?,24?,26?,27?,29?,32-/m0/s1. The van der Waals surface area contributed by atoms with E-state index in [1.807, 2.05) is 41.3 Å². The van der Waals surface area contributed by atoms with Crippen LogP contribution in [0.1, 0.15) is 47.2 Å². The number of ether oxygens (including phenoxy) is 1. The van der Waals surface area contributed by atoms with Crippen LogP contribution in [-0.4, -0.2) is 74.0 Å². The van der Waals surface area contributed by atoms with E-state index in [0.717, 1.165) is 80.0 Å². The summed E-state index contributed by atoms with van der Waals surface area (Å²) >= 11 is 0. The van der Waals surface area contributed by atoms with E-state index < -0.39 is 0 Å². The molecule has 8 heteroatoms. The number of hydrogen-bond donors (Lipinski definition) is 3. The van der Waals surface area contributed by atoms with Gasteiger partial charge in [0.25, 0.3) is 5.91 Å². The molecule has 0 radical (unpaired) electrons. The molecule has 5 unspecified atom stereocenters. The molecule has 2 aromatic carbocycles. The van der Waals surface area contributed by atoms with E-state index >= 15 is 0 Å². The molecule has 5 aliphatic rings. The number of methoxy groups -OCH3 is 1. The highest BCUT2D eigenvalue weighted by Gasteiger charge is 2.67. The first kappa shape index (κ1) is 25.7. The summed E-state index contributed by atoms with van der Waals surface area (Å²) in [4.78, 5) is 30.2. The van der Waals surface area contributed by atoms with E-state index in [2.05, 4.69) is 46.3 Å². The normalized spacial score (nSPS) is 33.2. The van der Waals surface area contributed by atoms with Gasteiger partial charge in [-0.15, -0.1) is 0 Å². The van der Waals surface area contributed by atoms with E-state index in [-0.39, 0.29) is 23.3 Å². The zero-order valence-electron chi connectivity index (χ0n) is 23.4. The number of carbonyl (C=O) groups excluding carboxylic acids is 2. The minimum atomic E-state index is -0.370. The number of piperazine rings is 1. The maximum absolute atomic E-state index is 13.1. The lowest BCUT2D eigenvalue weighted by atomic mass is 9.73. The van der Waals surface area contributed by atoms with Crippen molar-refractivity contribution >= 4 is 23.6 Å². The molecule has 2 saturated heterocycles. The Labute approximate surface area is 236 Å². The summed E-state index contributed by atoms with van der Waals surface area (Å²) < 4.78 is 5.46. The highest BCUT2D eigenvalue weighted by Crippen LogP contribution is 2.65. The Kier molecular flexibility index (Phi) is 6.45. The molecule has 3 N–H and O–H groups in total. The number of fused-ring (bicyclic) bond motifs is 3.